The first-order chi connectivity index (χ1) is 8.04. The average molecular weight is 237 g/mol. The van der Waals surface area contributed by atoms with Crippen LogP contribution in [-0.2, 0) is 9.53 Å². The second-order valence-corrected chi connectivity index (χ2v) is 3.30. The molecule has 0 bridgehead atoms. The van der Waals surface area contributed by atoms with E-state index in [-0.39, 0.29) is 17.5 Å². The second-order valence-electron chi connectivity index (χ2n) is 3.30. The highest BCUT2D eigenvalue weighted by Crippen LogP contribution is 2.13. The predicted octanol–water partition coefficient (Wildman–Crippen LogP) is 1.50. The number of halogens is 1. The molecule has 0 unspecified atom stereocenters. The van der Waals surface area contributed by atoms with Crippen LogP contribution in [0.2, 0.25) is 0 Å². The van der Waals surface area contributed by atoms with E-state index >= 15 is 0 Å². The van der Waals surface area contributed by atoms with Crippen LogP contribution in [0.25, 0.3) is 6.08 Å². The Morgan fingerprint density at radius 2 is 2.18 bits per heavy atom. The first-order valence-corrected chi connectivity index (χ1v) is 4.87. The van der Waals surface area contributed by atoms with Crippen molar-refractivity contribution in [3.8, 4) is 0 Å². The number of ether oxygens (including phenoxy) is 1. The smallest absolute Gasteiger partial charge is 0.337 e. The van der Waals surface area contributed by atoms with Gasteiger partial charge in [-0.2, -0.15) is 0 Å². The van der Waals surface area contributed by atoms with Gasteiger partial charge in [-0.05, 0) is 12.1 Å². The SMILES string of the molecule is COC(=O)c1ccc(C=CCC(N)=O)c(F)c1. The van der Waals surface area contributed by atoms with Crippen molar-refractivity contribution in [2.24, 2.45) is 5.73 Å². The number of esters is 1. The number of carbonyl (C=O) groups is 2. The van der Waals surface area contributed by atoms with Crippen LogP contribution in [0.4, 0.5) is 4.39 Å². The highest BCUT2D eigenvalue weighted by atomic mass is 19.1. The minimum absolute atomic E-state index is 0.0399. The van der Waals surface area contributed by atoms with E-state index in [2.05, 4.69) is 4.74 Å². The number of rotatable bonds is 4. The lowest BCUT2D eigenvalue weighted by Gasteiger charge is -2.01. The summed E-state index contributed by atoms with van der Waals surface area (Å²) >= 11 is 0. The van der Waals surface area contributed by atoms with Crippen molar-refractivity contribution in [2.45, 2.75) is 6.42 Å². The third kappa shape index (κ3) is 3.71. The highest BCUT2D eigenvalue weighted by molar-refractivity contribution is 5.89. The molecule has 0 aliphatic heterocycles. The summed E-state index contributed by atoms with van der Waals surface area (Å²) in [6.07, 6.45) is 2.93. The minimum Gasteiger partial charge on any atom is -0.465 e. The molecular formula is C12H12FNO3. The summed E-state index contributed by atoms with van der Waals surface area (Å²) in [6, 6.07) is 3.95. The molecule has 90 valence electrons. The van der Waals surface area contributed by atoms with E-state index in [1.165, 1.54) is 31.4 Å². The molecule has 0 aliphatic rings. The Bertz CT molecular complexity index is 469. The molecule has 1 aromatic carbocycles. The zero-order valence-electron chi connectivity index (χ0n) is 9.27. The number of hydrogen-bond donors (Lipinski definition) is 1. The summed E-state index contributed by atoms with van der Waals surface area (Å²) in [5.74, 6) is -1.65. The quantitative estimate of drug-likeness (QED) is 0.807. The Morgan fingerprint density at radius 3 is 2.71 bits per heavy atom. The van der Waals surface area contributed by atoms with Crippen molar-refractivity contribution in [3.05, 3.63) is 41.2 Å². The van der Waals surface area contributed by atoms with Crippen LogP contribution in [0.1, 0.15) is 22.3 Å². The fourth-order valence-corrected chi connectivity index (χ4v) is 1.21. The molecule has 1 aromatic rings. The molecule has 2 N–H and O–H groups in total. The molecule has 0 radical (unpaired) electrons. The molecular weight excluding hydrogens is 225 g/mol. The van der Waals surface area contributed by atoms with E-state index < -0.39 is 17.7 Å². The number of hydrogen-bond acceptors (Lipinski definition) is 3. The van der Waals surface area contributed by atoms with Crippen molar-refractivity contribution < 1.29 is 18.7 Å². The van der Waals surface area contributed by atoms with Crippen LogP contribution in [0.5, 0.6) is 0 Å². The highest BCUT2D eigenvalue weighted by Gasteiger charge is 2.08. The monoisotopic (exact) mass is 237 g/mol. The summed E-state index contributed by atoms with van der Waals surface area (Å²) in [4.78, 5) is 21.6. The van der Waals surface area contributed by atoms with Gasteiger partial charge in [0.05, 0.1) is 12.7 Å². The Morgan fingerprint density at radius 1 is 1.47 bits per heavy atom. The molecule has 4 nitrogen and oxygen atoms in total. The molecule has 1 rings (SSSR count). The number of methoxy groups -OCH3 is 1. The van der Waals surface area contributed by atoms with Crippen molar-refractivity contribution in [1.29, 1.82) is 0 Å². The van der Waals surface area contributed by atoms with Crippen LogP contribution in [0.15, 0.2) is 24.3 Å². The first kappa shape index (κ1) is 12.9. The van der Waals surface area contributed by atoms with Crippen molar-refractivity contribution >= 4 is 18.0 Å². The van der Waals surface area contributed by atoms with Crippen LogP contribution in [0.3, 0.4) is 0 Å². The molecule has 0 heterocycles. The zero-order chi connectivity index (χ0) is 12.8. The third-order valence-electron chi connectivity index (χ3n) is 2.04. The summed E-state index contributed by atoms with van der Waals surface area (Å²) < 4.78 is 18.0. The first-order valence-electron chi connectivity index (χ1n) is 4.87. The Balaban J connectivity index is 2.86. The fraction of sp³-hybridized carbons (Fsp3) is 0.167. The van der Waals surface area contributed by atoms with Crippen LogP contribution >= 0.6 is 0 Å². The second kappa shape index (κ2) is 5.79. The van der Waals surface area contributed by atoms with Gasteiger partial charge in [-0.3, -0.25) is 4.79 Å². The van der Waals surface area contributed by atoms with Gasteiger partial charge in [0, 0.05) is 12.0 Å². The summed E-state index contributed by atoms with van der Waals surface area (Å²) in [6.45, 7) is 0. The molecule has 0 aliphatic carbocycles. The largest absolute Gasteiger partial charge is 0.465 e. The summed E-state index contributed by atoms with van der Waals surface area (Å²) in [5.41, 5.74) is 5.34. The predicted molar refractivity (Wildman–Crippen MR) is 60.6 cm³/mol. The molecule has 17 heavy (non-hydrogen) atoms. The van der Waals surface area contributed by atoms with Gasteiger partial charge in [0.15, 0.2) is 0 Å². The third-order valence-corrected chi connectivity index (χ3v) is 2.04. The topological polar surface area (TPSA) is 69.4 Å². The maximum absolute atomic E-state index is 13.5. The van der Waals surface area contributed by atoms with E-state index in [1.54, 1.807) is 0 Å². The lowest BCUT2D eigenvalue weighted by Crippen LogP contribution is -2.07. The van der Waals surface area contributed by atoms with Gasteiger partial charge in [-0.1, -0.05) is 18.2 Å². The molecule has 0 fully saturated rings. The molecule has 1 amide bonds. The number of carbonyl (C=O) groups excluding carboxylic acids is 2. The molecule has 0 spiro atoms. The van der Waals surface area contributed by atoms with Gasteiger partial charge in [0.25, 0.3) is 0 Å². The molecule has 5 heteroatoms. The van der Waals surface area contributed by atoms with E-state index in [0.29, 0.717) is 0 Å². The van der Waals surface area contributed by atoms with E-state index in [0.717, 1.165) is 6.07 Å². The van der Waals surface area contributed by atoms with Crippen molar-refractivity contribution in [3.63, 3.8) is 0 Å². The zero-order valence-corrected chi connectivity index (χ0v) is 9.27. The number of nitrogens with two attached hydrogens (primary N) is 1. The fourth-order valence-electron chi connectivity index (χ4n) is 1.21. The maximum Gasteiger partial charge on any atom is 0.337 e. The van der Waals surface area contributed by atoms with Gasteiger partial charge in [-0.25, -0.2) is 9.18 Å². The van der Waals surface area contributed by atoms with Gasteiger partial charge in [0.2, 0.25) is 5.91 Å². The van der Waals surface area contributed by atoms with Crippen molar-refractivity contribution in [2.75, 3.05) is 7.11 Å². The molecule has 0 aromatic heterocycles. The van der Waals surface area contributed by atoms with Crippen LogP contribution in [-0.4, -0.2) is 19.0 Å². The van der Waals surface area contributed by atoms with E-state index in [4.69, 9.17) is 5.73 Å². The van der Waals surface area contributed by atoms with E-state index in [1.807, 2.05) is 0 Å². The van der Waals surface area contributed by atoms with Crippen LogP contribution < -0.4 is 5.73 Å². The Hall–Kier alpha value is -2.17. The number of amides is 1. The normalized spacial score (nSPS) is 10.5. The van der Waals surface area contributed by atoms with E-state index in [9.17, 15) is 14.0 Å². The Kier molecular flexibility index (Phi) is 4.39. The lowest BCUT2D eigenvalue weighted by molar-refractivity contribution is -0.117. The van der Waals surface area contributed by atoms with Crippen LogP contribution in [0, 0.1) is 5.82 Å². The average Bonchev–Trinajstić information content (AvgIpc) is 2.29. The molecule has 0 saturated heterocycles. The summed E-state index contributed by atoms with van der Waals surface area (Å²) in [7, 11) is 1.22. The summed E-state index contributed by atoms with van der Waals surface area (Å²) in [5, 5.41) is 0. The standard InChI is InChI=1S/C12H12FNO3/c1-17-12(16)9-6-5-8(10(13)7-9)3-2-4-11(14)15/h2-3,5-7H,4H2,1H3,(H2,14,15). The lowest BCUT2D eigenvalue weighted by atomic mass is 10.1. The van der Waals surface area contributed by atoms with Gasteiger partial charge < -0.3 is 10.5 Å². The van der Waals surface area contributed by atoms with Gasteiger partial charge >= 0.3 is 5.97 Å². The van der Waals surface area contributed by atoms with Gasteiger partial charge in [0.1, 0.15) is 5.82 Å². The molecule has 0 saturated carbocycles. The maximum atomic E-state index is 13.5. The number of benzene rings is 1. The molecule has 0 atom stereocenters. The Labute approximate surface area is 97.9 Å². The number of primary amides is 1. The van der Waals surface area contributed by atoms with Crippen molar-refractivity contribution in [1.82, 2.24) is 0 Å². The van der Waals surface area contributed by atoms with Gasteiger partial charge in [-0.15, -0.1) is 0 Å². The minimum atomic E-state index is -0.600.